The molecule has 0 aliphatic carbocycles. The van der Waals surface area contributed by atoms with Crippen molar-refractivity contribution >= 4 is 48.1 Å². The summed E-state index contributed by atoms with van der Waals surface area (Å²) in [5.41, 5.74) is 5.09. The molecular weight excluding hydrogens is 461 g/mol. The fourth-order valence-electron chi connectivity index (χ4n) is 2.75. The maximum atomic E-state index is 11.9. The van der Waals surface area contributed by atoms with E-state index in [-0.39, 0.29) is 51.7 Å². The van der Waals surface area contributed by atoms with Gasteiger partial charge in [0.15, 0.2) is 5.75 Å². The topological polar surface area (TPSA) is 189 Å². The number of phenolic OH excluding ortho intramolecular Hbond substituents is 1. The molecule has 3 rings (SSSR count). The summed E-state index contributed by atoms with van der Waals surface area (Å²) >= 11 is 0. The Balaban J connectivity index is 0.00000341. The van der Waals surface area contributed by atoms with Gasteiger partial charge in [0.2, 0.25) is 0 Å². The van der Waals surface area contributed by atoms with Crippen molar-refractivity contribution in [2.24, 2.45) is 10.2 Å². The molecule has 0 atom stereocenters. The molecule has 158 valence electrons. The molecule has 0 unspecified atom stereocenters. The van der Waals surface area contributed by atoms with Gasteiger partial charge in [0.1, 0.15) is 22.0 Å². The van der Waals surface area contributed by atoms with E-state index >= 15 is 0 Å². The fraction of sp³-hybridized carbons (Fsp3) is 0.0588. The summed E-state index contributed by atoms with van der Waals surface area (Å²) in [6.07, 6.45) is 0. The molecule has 0 radical (unpaired) electrons. The Bertz CT molecular complexity index is 1410. The maximum Gasteiger partial charge on any atom is 1.00 e. The van der Waals surface area contributed by atoms with Crippen molar-refractivity contribution in [3.63, 3.8) is 0 Å². The van der Waals surface area contributed by atoms with Crippen LogP contribution in [0.15, 0.2) is 62.5 Å². The number of nitrogens with two attached hydrogens (primary N) is 1. The van der Waals surface area contributed by atoms with Gasteiger partial charge in [0, 0.05) is 11.1 Å². The third-order valence-electron chi connectivity index (χ3n) is 4.07. The number of fused-ring (bicyclic) bond motifs is 1. The van der Waals surface area contributed by atoms with E-state index in [4.69, 9.17) is 10.5 Å². The first kappa shape index (κ1) is 25.0. The Labute approximate surface area is 199 Å². The van der Waals surface area contributed by atoms with Crippen molar-refractivity contribution < 1.29 is 65.3 Å². The molecule has 5 N–H and O–H groups in total. The molecule has 0 spiro atoms. The summed E-state index contributed by atoms with van der Waals surface area (Å²) in [6.45, 7) is 0. The number of aromatic hydroxyl groups is 1. The molecule has 14 heteroatoms. The molecule has 0 aliphatic rings. The van der Waals surface area contributed by atoms with Gasteiger partial charge in [-0.05, 0) is 35.7 Å². The Hall–Kier alpha value is -2.26. The Morgan fingerprint density at radius 1 is 0.968 bits per heavy atom. The molecule has 11 nitrogen and oxygen atoms in total. The number of hydrogen-bond acceptors (Lipinski definition) is 9. The zero-order valence-corrected chi connectivity index (χ0v) is 19.8. The summed E-state index contributed by atoms with van der Waals surface area (Å²) in [7, 11) is -8.21. The molecule has 3 aromatic carbocycles. The number of nitrogen functional groups attached to an aromatic ring is 1. The van der Waals surface area contributed by atoms with Crippen LogP contribution in [0.5, 0.6) is 11.5 Å². The number of anilines is 1. The Morgan fingerprint density at radius 3 is 2.19 bits per heavy atom. The van der Waals surface area contributed by atoms with E-state index < -0.39 is 41.5 Å². The van der Waals surface area contributed by atoms with Crippen LogP contribution < -0.4 is 40.0 Å². The van der Waals surface area contributed by atoms with Crippen LogP contribution in [0.4, 0.5) is 17.1 Å². The van der Waals surface area contributed by atoms with Gasteiger partial charge in [-0.1, -0.05) is 12.1 Å². The van der Waals surface area contributed by atoms with Crippen LogP contribution in [0.25, 0.3) is 10.8 Å². The number of rotatable bonds is 5. The number of phenols is 1. The zero-order valence-electron chi connectivity index (χ0n) is 16.2. The summed E-state index contributed by atoms with van der Waals surface area (Å²) in [4.78, 5) is -1.48. The molecule has 0 aliphatic heterocycles. The van der Waals surface area contributed by atoms with Gasteiger partial charge in [-0.3, -0.25) is 9.11 Å². The summed E-state index contributed by atoms with van der Waals surface area (Å²) in [5.74, 6) is -0.453. The third kappa shape index (κ3) is 5.15. The van der Waals surface area contributed by atoms with E-state index in [1.807, 2.05) is 0 Å². The fourth-order valence-corrected chi connectivity index (χ4v) is 3.96. The van der Waals surface area contributed by atoms with Crippen molar-refractivity contribution in [1.29, 1.82) is 0 Å². The number of ether oxygens (including phenoxy) is 1. The van der Waals surface area contributed by atoms with E-state index in [0.29, 0.717) is 5.75 Å². The third-order valence-corrected chi connectivity index (χ3v) is 5.77. The van der Waals surface area contributed by atoms with Gasteiger partial charge in [-0.25, -0.2) is 0 Å². The number of para-hydroxylation sites is 1. The monoisotopic (exact) mass is 476 g/mol. The van der Waals surface area contributed by atoms with Crippen molar-refractivity contribution in [3.05, 3.63) is 42.5 Å². The van der Waals surface area contributed by atoms with Crippen molar-refractivity contribution in [2.45, 2.75) is 9.79 Å². The van der Waals surface area contributed by atoms with Gasteiger partial charge < -0.3 is 15.6 Å². The van der Waals surface area contributed by atoms with E-state index in [1.54, 1.807) is 18.2 Å². The molecule has 3 aromatic rings. The SMILES string of the molecule is COc1ccccc1N=Nc1c(S(=O)(=O)O)cc2cc(S(=O)(=O)O)cc(N)c2c1O.[Na+]. The number of nitrogens with zero attached hydrogens (tertiary/aromatic N) is 2. The van der Waals surface area contributed by atoms with Crippen LogP contribution in [0.1, 0.15) is 0 Å². The van der Waals surface area contributed by atoms with Gasteiger partial charge >= 0.3 is 29.6 Å². The quantitative estimate of drug-likeness (QED) is 0.171. The molecule has 0 bridgehead atoms. The van der Waals surface area contributed by atoms with Crippen molar-refractivity contribution in [2.75, 3.05) is 12.8 Å². The number of azo groups is 1. The first-order chi connectivity index (χ1) is 13.9. The van der Waals surface area contributed by atoms with Gasteiger partial charge in [-0.2, -0.15) is 16.8 Å². The number of methoxy groups -OCH3 is 1. The Kier molecular flexibility index (Phi) is 7.32. The van der Waals surface area contributed by atoms with Crippen LogP contribution >= 0.6 is 0 Å². The summed E-state index contributed by atoms with van der Waals surface area (Å²) < 4.78 is 70.5. The summed E-state index contributed by atoms with van der Waals surface area (Å²) in [5, 5.41) is 17.9. The molecule has 0 fully saturated rings. The van der Waals surface area contributed by atoms with Gasteiger partial charge in [0.25, 0.3) is 20.2 Å². The minimum Gasteiger partial charge on any atom is -0.505 e. The second-order valence-electron chi connectivity index (χ2n) is 6.00. The molecule has 0 saturated carbocycles. The predicted octanol–water partition coefficient (Wildman–Crippen LogP) is 0.0490. The van der Waals surface area contributed by atoms with Crippen LogP contribution in [0, 0.1) is 0 Å². The van der Waals surface area contributed by atoms with Crippen LogP contribution in [-0.2, 0) is 20.2 Å². The van der Waals surface area contributed by atoms with E-state index in [9.17, 15) is 31.0 Å². The molecule has 0 aromatic heterocycles. The Morgan fingerprint density at radius 2 is 1.61 bits per heavy atom. The number of benzene rings is 3. The standard InChI is InChI=1S/C17H15N3O8S2.Na/c1-28-13-5-3-2-4-12(13)19-20-16-14(30(25,26)27)7-9-6-10(29(22,23)24)8-11(18)15(9)17(16)21;/h2-8,21H,18H2,1H3,(H,22,23,24)(H,25,26,27);/q;+1. The molecular formula is C17H15N3NaO8S2+. The van der Waals surface area contributed by atoms with Crippen molar-refractivity contribution in [3.8, 4) is 11.5 Å². The van der Waals surface area contributed by atoms with Gasteiger partial charge in [0.05, 0.1) is 12.0 Å². The first-order valence-corrected chi connectivity index (χ1v) is 10.9. The normalized spacial score (nSPS) is 12.1. The van der Waals surface area contributed by atoms with E-state index in [2.05, 4.69) is 10.2 Å². The predicted molar refractivity (Wildman–Crippen MR) is 107 cm³/mol. The average molecular weight is 476 g/mol. The second-order valence-corrected chi connectivity index (χ2v) is 8.82. The largest absolute Gasteiger partial charge is 1.00 e. The smallest absolute Gasteiger partial charge is 0.505 e. The van der Waals surface area contributed by atoms with E-state index in [0.717, 1.165) is 18.2 Å². The molecule has 0 saturated heterocycles. The first-order valence-electron chi connectivity index (χ1n) is 8.02. The minimum atomic E-state index is -4.93. The molecule has 0 amide bonds. The van der Waals surface area contributed by atoms with E-state index in [1.165, 1.54) is 13.2 Å². The zero-order chi connectivity index (χ0) is 22.3. The number of hydrogen-bond donors (Lipinski definition) is 4. The maximum absolute atomic E-state index is 11.9. The summed E-state index contributed by atoms with van der Waals surface area (Å²) in [6, 6.07) is 9.00. The second kappa shape index (κ2) is 9.08. The molecule has 0 heterocycles. The molecule has 31 heavy (non-hydrogen) atoms. The average Bonchev–Trinajstić information content (AvgIpc) is 2.65. The van der Waals surface area contributed by atoms with Gasteiger partial charge in [-0.15, -0.1) is 10.2 Å². The minimum absolute atomic E-state index is 0. The van der Waals surface area contributed by atoms with Crippen LogP contribution in [0.2, 0.25) is 0 Å². The van der Waals surface area contributed by atoms with Crippen molar-refractivity contribution in [1.82, 2.24) is 0 Å². The van der Waals surface area contributed by atoms with Crippen LogP contribution in [-0.4, -0.2) is 38.2 Å². The van der Waals surface area contributed by atoms with Crippen LogP contribution in [0.3, 0.4) is 0 Å².